The molecule has 0 radical (unpaired) electrons. The Morgan fingerprint density at radius 1 is 1.19 bits per heavy atom. The van der Waals surface area contributed by atoms with E-state index in [0.29, 0.717) is 0 Å². The van der Waals surface area contributed by atoms with Gasteiger partial charge in [0, 0.05) is 40.3 Å². The van der Waals surface area contributed by atoms with Gasteiger partial charge in [-0.25, -0.2) is 0 Å². The lowest BCUT2D eigenvalue weighted by atomic mass is 10.1. The Bertz CT molecular complexity index is 744. The monoisotopic (exact) mass is 210 g/mol. The van der Waals surface area contributed by atoms with Crippen LogP contribution >= 0.6 is 0 Å². The van der Waals surface area contributed by atoms with Crippen molar-refractivity contribution in [3.8, 4) is 0 Å². The van der Waals surface area contributed by atoms with Crippen LogP contribution in [-0.2, 0) is 0 Å². The summed E-state index contributed by atoms with van der Waals surface area (Å²) in [6.45, 7) is 1.89. The van der Waals surface area contributed by atoms with Crippen LogP contribution in [0.2, 0.25) is 0 Å². The normalized spacial score (nSPS) is 11.1. The third-order valence-electron chi connectivity index (χ3n) is 2.76. The summed E-state index contributed by atoms with van der Waals surface area (Å²) in [7, 11) is 0. The fourth-order valence-corrected chi connectivity index (χ4v) is 2.02. The summed E-state index contributed by atoms with van der Waals surface area (Å²) in [5.41, 5.74) is 1.83. The zero-order valence-corrected chi connectivity index (χ0v) is 8.82. The Labute approximate surface area is 91.8 Å². The molecule has 3 rings (SSSR count). The van der Waals surface area contributed by atoms with Crippen molar-refractivity contribution in [2.24, 2.45) is 0 Å². The van der Waals surface area contributed by atoms with Crippen LogP contribution < -0.4 is 5.43 Å². The molecule has 3 aromatic rings. The van der Waals surface area contributed by atoms with Gasteiger partial charge in [0.25, 0.3) is 0 Å². The van der Waals surface area contributed by atoms with Gasteiger partial charge in [-0.05, 0) is 19.1 Å². The van der Waals surface area contributed by atoms with Gasteiger partial charge in [0.05, 0.1) is 5.52 Å². The number of pyridine rings is 2. The molecule has 0 aliphatic heterocycles. The van der Waals surface area contributed by atoms with Crippen molar-refractivity contribution in [2.75, 3.05) is 0 Å². The zero-order valence-electron chi connectivity index (χ0n) is 8.82. The molecule has 3 heteroatoms. The summed E-state index contributed by atoms with van der Waals surface area (Å²) < 4.78 is 0. The minimum Gasteiger partial charge on any atom is -0.358 e. The quantitative estimate of drug-likeness (QED) is 0.579. The van der Waals surface area contributed by atoms with E-state index in [1.165, 1.54) is 0 Å². The molecule has 3 nitrogen and oxygen atoms in total. The van der Waals surface area contributed by atoms with Crippen molar-refractivity contribution in [3.63, 3.8) is 0 Å². The first-order valence-electron chi connectivity index (χ1n) is 5.12. The first kappa shape index (κ1) is 9.09. The summed E-state index contributed by atoms with van der Waals surface area (Å²) in [6.07, 6.45) is 3.54. The van der Waals surface area contributed by atoms with Gasteiger partial charge in [0.2, 0.25) is 0 Å². The number of fused-ring (bicyclic) bond motifs is 3. The summed E-state index contributed by atoms with van der Waals surface area (Å²) >= 11 is 0. The molecule has 0 saturated carbocycles. The van der Waals surface area contributed by atoms with E-state index in [1.54, 1.807) is 18.5 Å². The Morgan fingerprint density at radius 2 is 2.06 bits per heavy atom. The fourth-order valence-electron chi connectivity index (χ4n) is 2.02. The van der Waals surface area contributed by atoms with E-state index in [-0.39, 0.29) is 5.43 Å². The van der Waals surface area contributed by atoms with Crippen LogP contribution in [0, 0.1) is 6.92 Å². The highest BCUT2D eigenvalue weighted by Gasteiger charge is 2.03. The second-order valence-electron chi connectivity index (χ2n) is 3.90. The van der Waals surface area contributed by atoms with E-state index in [2.05, 4.69) is 9.97 Å². The van der Waals surface area contributed by atoms with Crippen molar-refractivity contribution in [1.29, 1.82) is 0 Å². The highest BCUT2D eigenvalue weighted by molar-refractivity contribution is 6.04. The van der Waals surface area contributed by atoms with E-state index < -0.39 is 0 Å². The molecule has 0 unspecified atom stereocenters. The third kappa shape index (κ3) is 1.21. The smallest absolute Gasteiger partial charge is 0.189 e. The van der Waals surface area contributed by atoms with E-state index >= 15 is 0 Å². The number of nitrogens with zero attached hydrogens (tertiary/aromatic N) is 1. The van der Waals surface area contributed by atoms with Crippen LogP contribution in [0.15, 0.2) is 41.5 Å². The van der Waals surface area contributed by atoms with Gasteiger partial charge in [-0.15, -0.1) is 0 Å². The van der Waals surface area contributed by atoms with Gasteiger partial charge in [-0.3, -0.25) is 9.78 Å². The molecule has 0 bridgehead atoms. The maximum absolute atomic E-state index is 11.8. The molecule has 0 amide bonds. The Kier molecular flexibility index (Phi) is 1.80. The second-order valence-corrected chi connectivity index (χ2v) is 3.90. The molecule has 0 fully saturated rings. The Balaban J connectivity index is 2.65. The molecule has 16 heavy (non-hydrogen) atoms. The topological polar surface area (TPSA) is 45.8 Å². The molecular weight excluding hydrogens is 200 g/mol. The summed E-state index contributed by atoms with van der Waals surface area (Å²) in [4.78, 5) is 19.1. The lowest BCUT2D eigenvalue weighted by Gasteiger charge is -2.04. The lowest BCUT2D eigenvalue weighted by Crippen LogP contribution is -2.03. The molecular formula is C13H10N2O. The molecule has 0 spiro atoms. The van der Waals surface area contributed by atoms with Gasteiger partial charge in [-0.1, -0.05) is 6.07 Å². The van der Waals surface area contributed by atoms with Crippen molar-refractivity contribution in [2.45, 2.75) is 6.92 Å². The van der Waals surface area contributed by atoms with Crippen LogP contribution in [-0.4, -0.2) is 9.97 Å². The molecule has 2 heterocycles. The second kappa shape index (κ2) is 3.17. The number of aromatic nitrogens is 2. The fraction of sp³-hybridized carbons (Fsp3) is 0.0769. The minimum absolute atomic E-state index is 0.0602. The zero-order chi connectivity index (χ0) is 11.1. The maximum Gasteiger partial charge on any atom is 0.189 e. The Morgan fingerprint density at radius 3 is 2.94 bits per heavy atom. The number of benzene rings is 1. The largest absolute Gasteiger partial charge is 0.358 e. The molecule has 0 aliphatic rings. The third-order valence-corrected chi connectivity index (χ3v) is 2.76. The molecule has 78 valence electrons. The summed E-state index contributed by atoms with van der Waals surface area (Å²) in [5, 5.41) is 2.80. The highest BCUT2D eigenvalue weighted by Crippen LogP contribution is 2.20. The van der Waals surface area contributed by atoms with Crippen LogP contribution in [0.4, 0.5) is 0 Å². The predicted octanol–water partition coefficient (Wildman–Crippen LogP) is 2.38. The van der Waals surface area contributed by atoms with Crippen molar-refractivity contribution in [1.82, 2.24) is 9.97 Å². The van der Waals surface area contributed by atoms with E-state index in [0.717, 1.165) is 27.4 Å². The number of rotatable bonds is 0. The van der Waals surface area contributed by atoms with Gasteiger partial charge in [0.1, 0.15) is 0 Å². The van der Waals surface area contributed by atoms with Crippen molar-refractivity contribution < 1.29 is 0 Å². The van der Waals surface area contributed by atoms with Gasteiger partial charge >= 0.3 is 0 Å². The number of hydrogen-bond donors (Lipinski definition) is 1. The first-order chi connectivity index (χ1) is 7.75. The number of aromatic amines is 1. The summed E-state index contributed by atoms with van der Waals surface area (Å²) in [5.74, 6) is 0. The number of H-pyrrole nitrogens is 1. The van der Waals surface area contributed by atoms with E-state index in [1.807, 2.05) is 25.1 Å². The predicted molar refractivity (Wildman–Crippen MR) is 64.6 cm³/mol. The van der Waals surface area contributed by atoms with Crippen LogP contribution in [0.3, 0.4) is 0 Å². The average Bonchev–Trinajstić information content (AvgIpc) is 2.28. The molecule has 1 aromatic carbocycles. The Hall–Kier alpha value is -2.16. The van der Waals surface area contributed by atoms with Gasteiger partial charge < -0.3 is 4.98 Å². The van der Waals surface area contributed by atoms with E-state index in [4.69, 9.17) is 0 Å². The SMILES string of the molecule is Cc1cc(=O)c2ccc3cnccc3c2[nH]1. The number of aryl methyl sites for hydroxylation is 1. The van der Waals surface area contributed by atoms with Crippen molar-refractivity contribution in [3.05, 3.63) is 52.6 Å². The lowest BCUT2D eigenvalue weighted by molar-refractivity contribution is 1.25. The molecule has 0 aliphatic carbocycles. The van der Waals surface area contributed by atoms with Crippen LogP contribution in [0.5, 0.6) is 0 Å². The maximum atomic E-state index is 11.8. The molecule has 0 saturated heterocycles. The van der Waals surface area contributed by atoms with Crippen LogP contribution in [0.1, 0.15) is 5.69 Å². The number of nitrogens with one attached hydrogen (secondary N) is 1. The van der Waals surface area contributed by atoms with Gasteiger partial charge in [-0.2, -0.15) is 0 Å². The highest BCUT2D eigenvalue weighted by atomic mass is 16.1. The molecule has 1 N–H and O–H groups in total. The molecule has 2 aromatic heterocycles. The molecule has 0 atom stereocenters. The first-order valence-corrected chi connectivity index (χ1v) is 5.12. The van der Waals surface area contributed by atoms with Gasteiger partial charge in [0.15, 0.2) is 5.43 Å². The minimum atomic E-state index is 0.0602. The standard InChI is InChI=1S/C13H10N2O/c1-8-6-12(16)11-3-2-9-7-14-5-4-10(9)13(11)15-8/h2-7H,1H3,(H,15,16). The summed E-state index contributed by atoms with van der Waals surface area (Å²) in [6, 6.07) is 7.31. The van der Waals surface area contributed by atoms with E-state index in [9.17, 15) is 4.79 Å². The number of hydrogen-bond acceptors (Lipinski definition) is 2. The average molecular weight is 210 g/mol. The van der Waals surface area contributed by atoms with Crippen LogP contribution in [0.25, 0.3) is 21.7 Å². The van der Waals surface area contributed by atoms with Crippen molar-refractivity contribution >= 4 is 21.7 Å².